The second-order valence-electron chi connectivity index (χ2n) is 5.49. The lowest BCUT2D eigenvalue weighted by Crippen LogP contribution is -2.45. The third kappa shape index (κ3) is 3.93. The number of rotatable bonds is 4. The van der Waals surface area contributed by atoms with E-state index in [9.17, 15) is 0 Å². The average molecular weight is 358 g/mol. The highest BCUT2D eigenvalue weighted by Gasteiger charge is 2.22. The van der Waals surface area contributed by atoms with Gasteiger partial charge in [-0.1, -0.05) is 26.0 Å². The normalized spacial score (nSPS) is 19.1. The summed E-state index contributed by atoms with van der Waals surface area (Å²) in [7, 11) is 0. The number of halogens is 1. The van der Waals surface area contributed by atoms with Crippen LogP contribution in [0.2, 0.25) is 0 Å². The lowest BCUT2D eigenvalue weighted by atomic mass is 9.95. The Morgan fingerprint density at radius 3 is 2.61 bits per heavy atom. The second kappa shape index (κ2) is 6.87. The lowest BCUT2D eigenvalue weighted by molar-refractivity contribution is 0.154. The molecule has 1 aromatic rings. The van der Waals surface area contributed by atoms with Crippen molar-refractivity contribution >= 4 is 22.6 Å². The molecule has 0 aromatic heterocycles. The van der Waals surface area contributed by atoms with Crippen LogP contribution >= 0.6 is 22.6 Å². The van der Waals surface area contributed by atoms with Crippen LogP contribution in [-0.4, -0.2) is 31.1 Å². The van der Waals surface area contributed by atoms with Gasteiger partial charge in [0.1, 0.15) is 0 Å². The zero-order valence-electron chi connectivity index (χ0n) is 11.3. The van der Waals surface area contributed by atoms with E-state index in [2.05, 4.69) is 70.9 Å². The Morgan fingerprint density at radius 2 is 2.00 bits per heavy atom. The lowest BCUT2D eigenvalue weighted by Gasteiger charge is -2.36. The summed E-state index contributed by atoms with van der Waals surface area (Å²) in [6.07, 6.45) is 1.25. The molecule has 0 spiro atoms. The SMILES string of the molecule is CC(C)C[C@@H](c1cccc(I)c1)N1CCNCC1. The van der Waals surface area contributed by atoms with E-state index in [0.717, 1.165) is 19.0 Å². The van der Waals surface area contributed by atoms with Gasteiger partial charge in [-0.05, 0) is 52.6 Å². The third-order valence-electron chi connectivity index (χ3n) is 3.52. The first-order valence-corrected chi connectivity index (χ1v) is 7.95. The first-order chi connectivity index (χ1) is 8.66. The van der Waals surface area contributed by atoms with Gasteiger partial charge in [-0.3, -0.25) is 4.90 Å². The van der Waals surface area contributed by atoms with Crippen LogP contribution in [0, 0.1) is 9.49 Å². The minimum Gasteiger partial charge on any atom is -0.314 e. The van der Waals surface area contributed by atoms with Gasteiger partial charge in [0.05, 0.1) is 0 Å². The van der Waals surface area contributed by atoms with E-state index in [1.807, 2.05) is 0 Å². The zero-order valence-corrected chi connectivity index (χ0v) is 13.5. The Hall–Kier alpha value is -0.130. The fraction of sp³-hybridized carbons (Fsp3) is 0.600. The second-order valence-corrected chi connectivity index (χ2v) is 6.73. The molecule has 0 amide bonds. The largest absolute Gasteiger partial charge is 0.314 e. The van der Waals surface area contributed by atoms with Gasteiger partial charge in [0.25, 0.3) is 0 Å². The fourth-order valence-electron chi connectivity index (χ4n) is 2.65. The third-order valence-corrected chi connectivity index (χ3v) is 4.19. The Kier molecular flexibility index (Phi) is 5.45. The predicted octanol–water partition coefficient (Wildman–Crippen LogP) is 3.28. The van der Waals surface area contributed by atoms with Gasteiger partial charge in [0, 0.05) is 35.8 Å². The van der Waals surface area contributed by atoms with Crippen LogP contribution in [-0.2, 0) is 0 Å². The van der Waals surface area contributed by atoms with Crippen LogP contribution < -0.4 is 5.32 Å². The molecular formula is C15H23IN2. The fourth-order valence-corrected chi connectivity index (χ4v) is 3.22. The van der Waals surface area contributed by atoms with Gasteiger partial charge in [-0.15, -0.1) is 0 Å². The number of hydrogen-bond acceptors (Lipinski definition) is 2. The summed E-state index contributed by atoms with van der Waals surface area (Å²) in [6.45, 7) is 9.23. The summed E-state index contributed by atoms with van der Waals surface area (Å²) in [5, 5.41) is 3.44. The van der Waals surface area contributed by atoms with E-state index in [-0.39, 0.29) is 0 Å². The number of nitrogens with one attached hydrogen (secondary N) is 1. The van der Waals surface area contributed by atoms with Crippen molar-refractivity contribution < 1.29 is 0 Å². The molecule has 0 saturated carbocycles. The van der Waals surface area contributed by atoms with E-state index in [1.165, 1.54) is 28.6 Å². The molecule has 0 radical (unpaired) electrons. The Morgan fingerprint density at radius 1 is 1.28 bits per heavy atom. The first-order valence-electron chi connectivity index (χ1n) is 6.87. The summed E-state index contributed by atoms with van der Waals surface area (Å²) in [6, 6.07) is 9.58. The number of piperazine rings is 1. The van der Waals surface area contributed by atoms with Gasteiger partial charge in [-0.25, -0.2) is 0 Å². The summed E-state index contributed by atoms with van der Waals surface area (Å²) in [5.74, 6) is 0.739. The molecule has 1 aromatic carbocycles. The molecule has 3 heteroatoms. The smallest absolute Gasteiger partial charge is 0.0352 e. The minimum absolute atomic E-state index is 0.585. The number of benzene rings is 1. The summed E-state index contributed by atoms with van der Waals surface area (Å²) >= 11 is 2.41. The predicted molar refractivity (Wildman–Crippen MR) is 85.8 cm³/mol. The Labute approximate surface area is 124 Å². The summed E-state index contributed by atoms with van der Waals surface area (Å²) < 4.78 is 1.34. The maximum atomic E-state index is 3.44. The highest BCUT2D eigenvalue weighted by Crippen LogP contribution is 2.28. The number of hydrogen-bond donors (Lipinski definition) is 1. The quantitative estimate of drug-likeness (QED) is 0.831. The van der Waals surface area contributed by atoms with Crippen molar-refractivity contribution in [3.63, 3.8) is 0 Å². The molecule has 1 aliphatic rings. The van der Waals surface area contributed by atoms with E-state index in [1.54, 1.807) is 0 Å². The van der Waals surface area contributed by atoms with Gasteiger partial charge in [0.2, 0.25) is 0 Å². The molecule has 1 fully saturated rings. The molecule has 100 valence electrons. The molecule has 1 aliphatic heterocycles. The zero-order chi connectivity index (χ0) is 13.0. The van der Waals surface area contributed by atoms with Crippen molar-refractivity contribution in [1.82, 2.24) is 10.2 Å². The monoisotopic (exact) mass is 358 g/mol. The van der Waals surface area contributed by atoms with Crippen molar-refractivity contribution in [2.24, 2.45) is 5.92 Å². The van der Waals surface area contributed by atoms with Crippen LogP contribution in [0.15, 0.2) is 24.3 Å². The highest BCUT2D eigenvalue weighted by molar-refractivity contribution is 14.1. The molecule has 2 nitrogen and oxygen atoms in total. The van der Waals surface area contributed by atoms with E-state index in [4.69, 9.17) is 0 Å². The van der Waals surface area contributed by atoms with Gasteiger partial charge in [0.15, 0.2) is 0 Å². The van der Waals surface area contributed by atoms with E-state index < -0.39 is 0 Å². The van der Waals surface area contributed by atoms with Crippen LogP contribution in [0.5, 0.6) is 0 Å². The molecule has 0 aliphatic carbocycles. The standard InChI is InChI=1S/C15H23IN2/c1-12(2)10-15(18-8-6-17-7-9-18)13-4-3-5-14(16)11-13/h3-5,11-12,15,17H,6-10H2,1-2H3/t15-/m0/s1. The van der Waals surface area contributed by atoms with Gasteiger partial charge in [-0.2, -0.15) is 0 Å². The van der Waals surface area contributed by atoms with Crippen molar-refractivity contribution in [1.29, 1.82) is 0 Å². The summed E-state index contributed by atoms with van der Waals surface area (Å²) in [4.78, 5) is 2.64. The highest BCUT2D eigenvalue weighted by atomic mass is 127. The molecule has 2 rings (SSSR count). The van der Waals surface area contributed by atoms with Crippen molar-refractivity contribution in [2.75, 3.05) is 26.2 Å². The van der Waals surface area contributed by atoms with Crippen LogP contribution in [0.4, 0.5) is 0 Å². The molecular weight excluding hydrogens is 335 g/mol. The molecule has 0 unspecified atom stereocenters. The molecule has 1 N–H and O–H groups in total. The average Bonchev–Trinajstić information content (AvgIpc) is 2.37. The Bertz CT molecular complexity index is 373. The first kappa shape index (κ1) is 14.3. The maximum absolute atomic E-state index is 3.44. The van der Waals surface area contributed by atoms with Crippen LogP contribution in [0.25, 0.3) is 0 Å². The van der Waals surface area contributed by atoms with Crippen molar-refractivity contribution in [3.8, 4) is 0 Å². The molecule has 1 heterocycles. The van der Waals surface area contributed by atoms with Gasteiger partial charge < -0.3 is 5.32 Å². The van der Waals surface area contributed by atoms with Crippen LogP contribution in [0.3, 0.4) is 0 Å². The van der Waals surface area contributed by atoms with Crippen molar-refractivity contribution in [3.05, 3.63) is 33.4 Å². The minimum atomic E-state index is 0.585. The summed E-state index contributed by atoms with van der Waals surface area (Å²) in [5.41, 5.74) is 1.48. The molecule has 1 saturated heterocycles. The topological polar surface area (TPSA) is 15.3 Å². The molecule has 18 heavy (non-hydrogen) atoms. The van der Waals surface area contributed by atoms with Crippen LogP contribution in [0.1, 0.15) is 31.9 Å². The van der Waals surface area contributed by atoms with Crippen molar-refractivity contribution in [2.45, 2.75) is 26.3 Å². The van der Waals surface area contributed by atoms with Gasteiger partial charge >= 0.3 is 0 Å². The maximum Gasteiger partial charge on any atom is 0.0352 e. The van der Waals surface area contributed by atoms with E-state index in [0.29, 0.717) is 6.04 Å². The molecule has 1 atom stereocenters. The van der Waals surface area contributed by atoms with E-state index >= 15 is 0 Å². The number of nitrogens with zero attached hydrogens (tertiary/aromatic N) is 1. The Balaban J connectivity index is 2.18. The molecule has 0 bridgehead atoms.